The van der Waals surface area contributed by atoms with Crippen LogP contribution in [-0.2, 0) is 4.57 Å². The zero-order valence-electron chi connectivity index (χ0n) is 10.8. The monoisotopic (exact) mass is 262 g/mol. The van der Waals surface area contributed by atoms with Crippen LogP contribution in [0.1, 0.15) is 64.2 Å². The van der Waals surface area contributed by atoms with E-state index in [0.717, 1.165) is 19.3 Å². The molecule has 2 N–H and O–H groups in total. The lowest BCUT2D eigenvalue weighted by Crippen LogP contribution is -1.88. The molecule has 0 saturated heterocycles. The van der Waals surface area contributed by atoms with E-state index in [2.05, 4.69) is 6.58 Å². The van der Waals surface area contributed by atoms with Crippen LogP contribution in [0, 0.1) is 0 Å². The molecule has 0 amide bonds. The Hall–Kier alpha value is -0.110. The Morgan fingerprint density at radius 1 is 0.824 bits per heavy atom. The Morgan fingerprint density at radius 3 is 1.65 bits per heavy atom. The minimum atomic E-state index is -3.75. The molecule has 0 bridgehead atoms. The fraction of sp³-hybridized carbons (Fsp3) is 0.846. The molecule has 0 spiro atoms. The number of hydrogen-bond acceptors (Lipinski definition) is 1. The second kappa shape index (κ2) is 11.0. The Kier molecular flexibility index (Phi) is 10.9. The van der Waals surface area contributed by atoms with E-state index in [9.17, 15) is 4.57 Å². The van der Waals surface area contributed by atoms with Gasteiger partial charge in [0.25, 0.3) is 0 Å². The minimum absolute atomic E-state index is 0.0502. The Morgan fingerprint density at radius 2 is 1.24 bits per heavy atom. The van der Waals surface area contributed by atoms with E-state index in [1.165, 1.54) is 38.5 Å². The van der Waals surface area contributed by atoms with Crippen LogP contribution in [0.2, 0.25) is 0 Å². The molecule has 0 aliphatic carbocycles. The van der Waals surface area contributed by atoms with E-state index in [1.54, 1.807) is 0 Å². The van der Waals surface area contributed by atoms with Crippen molar-refractivity contribution >= 4 is 7.60 Å². The lowest BCUT2D eigenvalue weighted by molar-refractivity contribution is 0.370. The summed E-state index contributed by atoms with van der Waals surface area (Å²) in [6.45, 7) is 3.70. The van der Waals surface area contributed by atoms with Crippen LogP contribution in [-0.4, -0.2) is 15.9 Å². The molecule has 0 atom stereocenters. The van der Waals surface area contributed by atoms with Gasteiger partial charge in [-0.3, -0.25) is 4.57 Å². The smallest absolute Gasteiger partial charge is 0.324 e. The molecule has 0 heterocycles. The summed E-state index contributed by atoms with van der Waals surface area (Å²) in [5, 5.41) is 0. The van der Waals surface area contributed by atoms with Gasteiger partial charge in [0.15, 0.2) is 0 Å². The summed E-state index contributed by atoms with van der Waals surface area (Å²) < 4.78 is 10.6. The van der Waals surface area contributed by atoms with Gasteiger partial charge in [0, 0.05) is 6.16 Å². The largest absolute Gasteiger partial charge is 0.325 e. The van der Waals surface area contributed by atoms with E-state index in [0.29, 0.717) is 6.42 Å². The van der Waals surface area contributed by atoms with Crippen LogP contribution < -0.4 is 0 Å². The van der Waals surface area contributed by atoms with E-state index < -0.39 is 7.60 Å². The fourth-order valence-corrected chi connectivity index (χ4v) is 2.48. The standard InChI is InChI=1S/C13H27O3P/c1-2-3-4-5-6-7-8-9-10-11-12-13-17(14,15)16/h2H,1,3-13H2,(H2,14,15,16). The number of unbranched alkanes of at least 4 members (excludes halogenated alkanes) is 9. The lowest BCUT2D eigenvalue weighted by Gasteiger charge is -2.03. The van der Waals surface area contributed by atoms with Gasteiger partial charge in [-0.25, -0.2) is 0 Å². The van der Waals surface area contributed by atoms with Crippen LogP contribution in [0.5, 0.6) is 0 Å². The molecule has 0 radical (unpaired) electrons. The number of allylic oxidation sites excluding steroid dienone is 1. The van der Waals surface area contributed by atoms with Crippen molar-refractivity contribution in [2.45, 2.75) is 64.2 Å². The van der Waals surface area contributed by atoms with Crippen molar-refractivity contribution < 1.29 is 14.4 Å². The maximum absolute atomic E-state index is 10.6. The summed E-state index contributed by atoms with van der Waals surface area (Å²) in [5.74, 6) is 0. The normalized spacial score (nSPS) is 11.6. The Bertz CT molecular complexity index is 223. The highest BCUT2D eigenvalue weighted by Crippen LogP contribution is 2.35. The van der Waals surface area contributed by atoms with Crippen molar-refractivity contribution in [2.24, 2.45) is 0 Å². The highest BCUT2D eigenvalue weighted by atomic mass is 31.2. The molecule has 0 aromatic heterocycles. The third-order valence-electron chi connectivity index (χ3n) is 2.86. The molecule has 0 rings (SSSR count). The van der Waals surface area contributed by atoms with Gasteiger partial charge in [-0.15, -0.1) is 6.58 Å². The third kappa shape index (κ3) is 15.9. The summed E-state index contributed by atoms with van der Waals surface area (Å²) in [7, 11) is -3.75. The topological polar surface area (TPSA) is 57.5 Å². The highest BCUT2D eigenvalue weighted by Gasteiger charge is 2.10. The molecule has 0 saturated carbocycles. The molecule has 17 heavy (non-hydrogen) atoms. The fourth-order valence-electron chi connectivity index (χ4n) is 1.84. The molecule has 4 heteroatoms. The van der Waals surface area contributed by atoms with Gasteiger partial charge in [-0.05, 0) is 19.3 Å². The summed E-state index contributed by atoms with van der Waals surface area (Å²) in [6, 6.07) is 0. The number of hydrogen-bond donors (Lipinski definition) is 2. The molecular weight excluding hydrogens is 235 g/mol. The first-order valence-corrected chi connectivity index (χ1v) is 8.51. The molecule has 3 nitrogen and oxygen atoms in total. The van der Waals surface area contributed by atoms with Crippen molar-refractivity contribution in [3.63, 3.8) is 0 Å². The van der Waals surface area contributed by atoms with E-state index in [-0.39, 0.29) is 6.16 Å². The first-order chi connectivity index (χ1) is 8.06. The maximum Gasteiger partial charge on any atom is 0.325 e. The van der Waals surface area contributed by atoms with Crippen molar-refractivity contribution in [1.82, 2.24) is 0 Å². The quantitative estimate of drug-likeness (QED) is 0.314. The van der Waals surface area contributed by atoms with Gasteiger partial charge in [0.2, 0.25) is 0 Å². The van der Waals surface area contributed by atoms with Gasteiger partial charge >= 0.3 is 7.60 Å². The van der Waals surface area contributed by atoms with Gasteiger partial charge in [0.05, 0.1) is 0 Å². The molecule has 0 aromatic carbocycles. The van der Waals surface area contributed by atoms with Crippen molar-refractivity contribution in [1.29, 1.82) is 0 Å². The molecule has 0 aliphatic heterocycles. The van der Waals surface area contributed by atoms with Crippen LogP contribution in [0.4, 0.5) is 0 Å². The Balaban J connectivity index is 3.04. The second-order valence-corrected chi connectivity index (χ2v) is 6.42. The average molecular weight is 262 g/mol. The average Bonchev–Trinajstić information content (AvgIpc) is 2.24. The summed E-state index contributed by atoms with van der Waals surface area (Å²) in [6.07, 6.45) is 13.4. The van der Waals surface area contributed by atoms with Gasteiger partial charge in [0.1, 0.15) is 0 Å². The van der Waals surface area contributed by atoms with E-state index in [4.69, 9.17) is 9.79 Å². The molecule has 0 aromatic rings. The van der Waals surface area contributed by atoms with Crippen LogP contribution in [0.25, 0.3) is 0 Å². The molecule has 102 valence electrons. The predicted molar refractivity (Wildman–Crippen MR) is 73.3 cm³/mol. The summed E-state index contributed by atoms with van der Waals surface area (Å²) >= 11 is 0. The maximum atomic E-state index is 10.6. The number of rotatable bonds is 12. The van der Waals surface area contributed by atoms with Gasteiger partial charge in [-0.2, -0.15) is 0 Å². The van der Waals surface area contributed by atoms with Crippen LogP contribution >= 0.6 is 7.60 Å². The molecule has 0 fully saturated rings. The van der Waals surface area contributed by atoms with Crippen molar-refractivity contribution in [3.05, 3.63) is 12.7 Å². The highest BCUT2D eigenvalue weighted by molar-refractivity contribution is 7.51. The van der Waals surface area contributed by atoms with E-state index in [1.807, 2.05) is 6.08 Å². The first-order valence-electron chi connectivity index (χ1n) is 6.72. The van der Waals surface area contributed by atoms with Crippen LogP contribution in [0.3, 0.4) is 0 Å². The molecular formula is C13H27O3P. The van der Waals surface area contributed by atoms with E-state index >= 15 is 0 Å². The molecule has 0 unspecified atom stereocenters. The Labute approximate surface area is 105 Å². The zero-order valence-corrected chi connectivity index (χ0v) is 11.7. The summed E-state index contributed by atoms with van der Waals surface area (Å²) in [5.41, 5.74) is 0. The van der Waals surface area contributed by atoms with Gasteiger partial charge in [-0.1, -0.05) is 51.0 Å². The predicted octanol–water partition coefficient (Wildman–Crippen LogP) is 4.25. The van der Waals surface area contributed by atoms with Crippen molar-refractivity contribution in [2.75, 3.05) is 6.16 Å². The molecule has 0 aliphatic rings. The zero-order chi connectivity index (χ0) is 13.0. The SMILES string of the molecule is C=CCCCCCCCCCCCP(=O)(O)O. The lowest BCUT2D eigenvalue weighted by atomic mass is 10.1. The van der Waals surface area contributed by atoms with Gasteiger partial charge < -0.3 is 9.79 Å². The minimum Gasteiger partial charge on any atom is -0.324 e. The second-order valence-electron chi connectivity index (χ2n) is 4.65. The summed E-state index contributed by atoms with van der Waals surface area (Å²) in [4.78, 5) is 17.3. The van der Waals surface area contributed by atoms with Crippen molar-refractivity contribution in [3.8, 4) is 0 Å². The van der Waals surface area contributed by atoms with Crippen LogP contribution in [0.15, 0.2) is 12.7 Å². The third-order valence-corrected chi connectivity index (χ3v) is 3.76. The first kappa shape index (κ1) is 16.9.